The second kappa shape index (κ2) is 8.85. The van der Waals surface area contributed by atoms with Gasteiger partial charge in [-0.3, -0.25) is 4.90 Å². The van der Waals surface area contributed by atoms with E-state index in [9.17, 15) is 4.79 Å². The smallest absolute Gasteiger partial charge is 0.317 e. The lowest BCUT2D eigenvalue weighted by Crippen LogP contribution is -2.49. The van der Waals surface area contributed by atoms with Crippen molar-refractivity contribution >= 4 is 6.03 Å². The Morgan fingerprint density at radius 3 is 2.74 bits per heavy atom. The monoisotopic (exact) mass is 325 g/mol. The highest BCUT2D eigenvalue weighted by atomic mass is 16.5. The zero-order valence-corrected chi connectivity index (χ0v) is 14.2. The Morgan fingerprint density at radius 2 is 1.96 bits per heavy atom. The predicted molar refractivity (Wildman–Crippen MR) is 88.5 cm³/mol. The molecule has 3 fully saturated rings. The Balaban J connectivity index is 1.30. The molecule has 132 valence electrons. The molecule has 1 saturated carbocycles. The second-order valence-electron chi connectivity index (χ2n) is 7.12. The summed E-state index contributed by atoms with van der Waals surface area (Å²) < 4.78 is 11.0. The zero-order chi connectivity index (χ0) is 15.9. The Hall–Kier alpha value is -0.850. The number of piperidine rings is 1. The minimum Gasteiger partial charge on any atom is -0.379 e. The molecule has 1 unspecified atom stereocenters. The van der Waals surface area contributed by atoms with Gasteiger partial charge in [0.15, 0.2) is 0 Å². The van der Waals surface area contributed by atoms with Crippen LogP contribution >= 0.6 is 0 Å². The van der Waals surface area contributed by atoms with Gasteiger partial charge in [-0.05, 0) is 37.5 Å². The van der Waals surface area contributed by atoms with Crippen molar-refractivity contribution in [3.63, 3.8) is 0 Å². The lowest BCUT2D eigenvalue weighted by Gasteiger charge is -2.36. The number of hydrogen-bond acceptors (Lipinski definition) is 4. The van der Waals surface area contributed by atoms with Gasteiger partial charge in [0.05, 0.1) is 19.8 Å². The van der Waals surface area contributed by atoms with Crippen LogP contribution in [0.4, 0.5) is 4.79 Å². The molecule has 0 bridgehead atoms. The third-order valence-electron chi connectivity index (χ3n) is 5.00. The Morgan fingerprint density at radius 1 is 1.13 bits per heavy atom. The first-order valence-electron chi connectivity index (χ1n) is 9.22. The number of urea groups is 1. The van der Waals surface area contributed by atoms with Crippen molar-refractivity contribution in [2.75, 3.05) is 65.7 Å². The van der Waals surface area contributed by atoms with Crippen molar-refractivity contribution in [1.82, 2.24) is 15.1 Å². The third-order valence-corrected chi connectivity index (χ3v) is 5.00. The summed E-state index contributed by atoms with van der Waals surface area (Å²) in [5.74, 6) is 1.38. The summed E-state index contributed by atoms with van der Waals surface area (Å²) in [5.41, 5.74) is 0. The summed E-state index contributed by atoms with van der Waals surface area (Å²) in [7, 11) is 0. The van der Waals surface area contributed by atoms with Gasteiger partial charge in [-0.15, -0.1) is 0 Å². The fourth-order valence-corrected chi connectivity index (χ4v) is 3.42. The molecular formula is C17H31N3O3. The van der Waals surface area contributed by atoms with E-state index < -0.39 is 0 Å². The molecule has 0 spiro atoms. The van der Waals surface area contributed by atoms with Crippen LogP contribution in [0.3, 0.4) is 0 Å². The van der Waals surface area contributed by atoms with Crippen molar-refractivity contribution in [3.8, 4) is 0 Å². The Bertz CT molecular complexity index is 370. The van der Waals surface area contributed by atoms with E-state index in [1.54, 1.807) is 0 Å². The number of carbonyl (C=O) groups is 1. The van der Waals surface area contributed by atoms with Gasteiger partial charge in [-0.25, -0.2) is 4.79 Å². The van der Waals surface area contributed by atoms with Crippen LogP contribution in [-0.2, 0) is 9.47 Å². The van der Waals surface area contributed by atoms with E-state index in [0.29, 0.717) is 19.1 Å². The third kappa shape index (κ3) is 5.94. The van der Waals surface area contributed by atoms with Crippen LogP contribution in [0.2, 0.25) is 0 Å². The number of likely N-dealkylation sites (tertiary alicyclic amines) is 1. The SMILES string of the molecule is O=C(NCCOCC1CC1)N1CCCC(CN2CCOCC2)C1. The predicted octanol–water partition coefficient (Wildman–Crippen LogP) is 1.17. The molecule has 3 rings (SSSR count). The summed E-state index contributed by atoms with van der Waals surface area (Å²) in [5, 5.41) is 3.00. The van der Waals surface area contributed by atoms with Crippen LogP contribution < -0.4 is 5.32 Å². The van der Waals surface area contributed by atoms with Crippen molar-refractivity contribution in [2.24, 2.45) is 11.8 Å². The first-order chi connectivity index (χ1) is 11.3. The van der Waals surface area contributed by atoms with E-state index >= 15 is 0 Å². The van der Waals surface area contributed by atoms with Crippen LogP contribution in [0.5, 0.6) is 0 Å². The summed E-state index contributed by atoms with van der Waals surface area (Å²) in [6.07, 6.45) is 4.96. The Labute approximate surface area is 139 Å². The minimum absolute atomic E-state index is 0.0756. The average molecular weight is 325 g/mol. The molecule has 1 atom stereocenters. The van der Waals surface area contributed by atoms with Gasteiger partial charge >= 0.3 is 6.03 Å². The van der Waals surface area contributed by atoms with Gasteiger partial charge < -0.3 is 19.7 Å². The summed E-state index contributed by atoms with van der Waals surface area (Å²) in [6.45, 7) is 8.72. The summed E-state index contributed by atoms with van der Waals surface area (Å²) in [6, 6.07) is 0.0756. The highest BCUT2D eigenvalue weighted by Crippen LogP contribution is 2.28. The molecule has 0 aromatic carbocycles. The quantitative estimate of drug-likeness (QED) is 0.714. The van der Waals surface area contributed by atoms with Crippen molar-refractivity contribution in [2.45, 2.75) is 25.7 Å². The molecule has 1 aliphatic carbocycles. The van der Waals surface area contributed by atoms with E-state index in [0.717, 1.165) is 64.9 Å². The van der Waals surface area contributed by atoms with Crippen molar-refractivity contribution < 1.29 is 14.3 Å². The molecular weight excluding hydrogens is 294 g/mol. The standard InChI is InChI=1S/C17H31N3O3/c21-17(18-5-9-23-14-15-3-4-15)20-6-1-2-16(13-20)12-19-7-10-22-11-8-19/h15-16H,1-14H2,(H,18,21). The number of nitrogens with one attached hydrogen (secondary N) is 1. The number of morpholine rings is 1. The number of hydrogen-bond donors (Lipinski definition) is 1. The fraction of sp³-hybridized carbons (Fsp3) is 0.941. The topological polar surface area (TPSA) is 54.0 Å². The van der Waals surface area contributed by atoms with E-state index in [-0.39, 0.29) is 6.03 Å². The van der Waals surface area contributed by atoms with Crippen LogP contribution in [0, 0.1) is 11.8 Å². The molecule has 2 amide bonds. The molecule has 1 N–H and O–H groups in total. The molecule has 0 radical (unpaired) electrons. The number of rotatable bonds is 7. The number of amides is 2. The number of ether oxygens (including phenoxy) is 2. The van der Waals surface area contributed by atoms with Gasteiger partial charge in [-0.1, -0.05) is 0 Å². The maximum absolute atomic E-state index is 12.3. The van der Waals surface area contributed by atoms with Crippen LogP contribution in [0.15, 0.2) is 0 Å². The highest BCUT2D eigenvalue weighted by Gasteiger charge is 2.25. The van der Waals surface area contributed by atoms with Crippen LogP contribution in [0.25, 0.3) is 0 Å². The van der Waals surface area contributed by atoms with Gasteiger partial charge in [0.25, 0.3) is 0 Å². The molecule has 6 heteroatoms. The lowest BCUT2D eigenvalue weighted by atomic mass is 9.97. The molecule has 6 nitrogen and oxygen atoms in total. The maximum atomic E-state index is 12.3. The lowest BCUT2D eigenvalue weighted by molar-refractivity contribution is 0.0248. The van der Waals surface area contributed by atoms with E-state index in [1.165, 1.54) is 19.3 Å². The fourth-order valence-electron chi connectivity index (χ4n) is 3.42. The van der Waals surface area contributed by atoms with Crippen LogP contribution in [0.1, 0.15) is 25.7 Å². The number of carbonyl (C=O) groups excluding carboxylic acids is 1. The molecule has 0 aromatic rings. The summed E-state index contributed by atoms with van der Waals surface area (Å²) in [4.78, 5) is 16.7. The maximum Gasteiger partial charge on any atom is 0.317 e. The molecule has 3 aliphatic rings. The highest BCUT2D eigenvalue weighted by molar-refractivity contribution is 5.74. The van der Waals surface area contributed by atoms with Gasteiger partial charge in [0, 0.05) is 45.9 Å². The van der Waals surface area contributed by atoms with Crippen molar-refractivity contribution in [3.05, 3.63) is 0 Å². The summed E-state index contributed by atoms with van der Waals surface area (Å²) >= 11 is 0. The first-order valence-corrected chi connectivity index (χ1v) is 9.22. The van der Waals surface area contributed by atoms with Crippen LogP contribution in [-0.4, -0.2) is 81.5 Å². The molecule has 2 aliphatic heterocycles. The van der Waals surface area contributed by atoms with Gasteiger partial charge in [0.1, 0.15) is 0 Å². The Kier molecular flexibility index (Phi) is 6.54. The van der Waals surface area contributed by atoms with E-state index in [1.807, 2.05) is 4.90 Å². The second-order valence-corrected chi connectivity index (χ2v) is 7.12. The van der Waals surface area contributed by atoms with Gasteiger partial charge in [0.2, 0.25) is 0 Å². The van der Waals surface area contributed by atoms with Crippen molar-refractivity contribution in [1.29, 1.82) is 0 Å². The molecule has 2 saturated heterocycles. The first kappa shape index (κ1) is 17.0. The molecule has 0 aromatic heterocycles. The van der Waals surface area contributed by atoms with E-state index in [2.05, 4.69) is 10.2 Å². The largest absolute Gasteiger partial charge is 0.379 e. The number of nitrogens with zero attached hydrogens (tertiary/aromatic N) is 2. The average Bonchev–Trinajstić information content (AvgIpc) is 3.40. The minimum atomic E-state index is 0.0756. The van der Waals surface area contributed by atoms with E-state index in [4.69, 9.17) is 9.47 Å². The van der Waals surface area contributed by atoms with Gasteiger partial charge in [-0.2, -0.15) is 0 Å². The zero-order valence-electron chi connectivity index (χ0n) is 14.2. The molecule has 2 heterocycles. The normalized spacial score (nSPS) is 26.3. The molecule has 23 heavy (non-hydrogen) atoms.